The fourth-order valence-corrected chi connectivity index (χ4v) is 6.10. The highest BCUT2D eigenvalue weighted by molar-refractivity contribution is 6.09. The van der Waals surface area contributed by atoms with E-state index in [0.29, 0.717) is 41.2 Å². The second-order valence-electron chi connectivity index (χ2n) is 12.1. The van der Waals surface area contributed by atoms with E-state index < -0.39 is 5.91 Å². The molecular weight excluding hydrogens is 594 g/mol. The van der Waals surface area contributed by atoms with Gasteiger partial charge in [-0.25, -0.2) is 15.0 Å². The first-order valence-corrected chi connectivity index (χ1v) is 16.5. The molecule has 0 bridgehead atoms. The number of carbonyl (C=O) groups is 3. The summed E-state index contributed by atoms with van der Waals surface area (Å²) in [6.07, 6.45) is 16.7. The highest BCUT2D eigenvalue weighted by Gasteiger charge is 2.22. The van der Waals surface area contributed by atoms with Crippen LogP contribution in [0.1, 0.15) is 95.7 Å². The maximum atomic E-state index is 12.9. The third-order valence-electron chi connectivity index (χ3n) is 8.70. The zero-order chi connectivity index (χ0) is 32.8. The predicted molar refractivity (Wildman–Crippen MR) is 181 cm³/mol. The SMILES string of the molecule is Nc1cccnc1C(=O)NCC1CCCCC1.O=C(NCC1CCCCC1)c1ncccc1NC(=O)c1ncoc1-c1ccccc1. The number of aromatic nitrogens is 3. The van der Waals surface area contributed by atoms with E-state index in [1.165, 1.54) is 64.0 Å². The minimum absolute atomic E-state index is 0.151. The fraction of sp³-hybridized carbons (Fsp3) is 0.389. The van der Waals surface area contributed by atoms with Gasteiger partial charge in [-0.3, -0.25) is 14.4 Å². The molecule has 47 heavy (non-hydrogen) atoms. The molecular formula is C36H43N7O4. The number of carbonyl (C=O) groups excluding carboxylic acids is 3. The largest absolute Gasteiger partial charge is 0.443 e. The predicted octanol–water partition coefficient (Wildman–Crippen LogP) is 6.27. The summed E-state index contributed by atoms with van der Waals surface area (Å²) in [5, 5.41) is 8.65. The summed E-state index contributed by atoms with van der Waals surface area (Å²) < 4.78 is 5.43. The monoisotopic (exact) mass is 637 g/mol. The van der Waals surface area contributed by atoms with Crippen molar-refractivity contribution in [3.05, 3.63) is 90.5 Å². The second kappa shape index (κ2) is 17.0. The highest BCUT2D eigenvalue weighted by atomic mass is 16.3. The Labute approximate surface area is 275 Å². The van der Waals surface area contributed by atoms with Crippen molar-refractivity contribution in [2.45, 2.75) is 64.2 Å². The first-order valence-electron chi connectivity index (χ1n) is 16.5. The van der Waals surface area contributed by atoms with Gasteiger partial charge in [0.15, 0.2) is 29.2 Å². The van der Waals surface area contributed by atoms with Gasteiger partial charge in [-0.1, -0.05) is 68.9 Å². The van der Waals surface area contributed by atoms with Crippen LogP contribution in [0.15, 0.2) is 77.8 Å². The zero-order valence-corrected chi connectivity index (χ0v) is 26.6. The highest BCUT2D eigenvalue weighted by Crippen LogP contribution is 2.26. The number of nitrogens with zero attached hydrogens (tertiary/aromatic N) is 3. The number of anilines is 2. The molecule has 0 unspecified atom stereocenters. The quantitative estimate of drug-likeness (QED) is 0.167. The van der Waals surface area contributed by atoms with Crippen molar-refractivity contribution in [3.63, 3.8) is 0 Å². The Morgan fingerprint density at radius 3 is 1.85 bits per heavy atom. The van der Waals surface area contributed by atoms with Gasteiger partial charge in [-0.2, -0.15) is 0 Å². The van der Waals surface area contributed by atoms with E-state index in [0.717, 1.165) is 24.9 Å². The fourth-order valence-electron chi connectivity index (χ4n) is 6.10. The van der Waals surface area contributed by atoms with Crippen molar-refractivity contribution in [3.8, 4) is 11.3 Å². The summed E-state index contributed by atoms with van der Waals surface area (Å²) in [5.74, 6) is 0.594. The average Bonchev–Trinajstić information content (AvgIpc) is 3.62. The third kappa shape index (κ3) is 9.48. The molecule has 0 spiro atoms. The molecule has 0 aliphatic heterocycles. The van der Waals surface area contributed by atoms with Crippen LogP contribution in [-0.4, -0.2) is 45.8 Å². The van der Waals surface area contributed by atoms with E-state index in [4.69, 9.17) is 10.2 Å². The van der Waals surface area contributed by atoms with Crippen LogP contribution < -0.4 is 21.7 Å². The van der Waals surface area contributed by atoms with Crippen molar-refractivity contribution >= 4 is 29.1 Å². The molecule has 1 aromatic carbocycles. The van der Waals surface area contributed by atoms with Crippen LogP contribution in [-0.2, 0) is 0 Å². The van der Waals surface area contributed by atoms with Crippen LogP contribution in [0, 0.1) is 11.8 Å². The summed E-state index contributed by atoms with van der Waals surface area (Å²) in [6.45, 7) is 1.37. The molecule has 11 heteroatoms. The molecule has 3 heterocycles. The lowest BCUT2D eigenvalue weighted by Gasteiger charge is -2.21. The lowest BCUT2D eigenvalue weighted by molar-refractivity contribution is 0.0931. The van der Waals surface area contributed by atoms with Crippen molar-refractivity contribution in [1.82, 2.24) is 25.6 Å². The summed E-state index contributed by atoms with van der Waals surface area (Å²) >= 11 is 0. The Bertz CT molecular complexity index is 1610. The molecule has 2 fully saturated rings. The number of nitrogen functional groups attached to an aromatic ring is 1. The normalized spacial score (nSPS) is 15.1. The van der Waals surface area contributed by atoms with Gasteiger partial charge in [0.1, 0.15) is 0 Å². The van der Waals surface area contributed by atoms with E-state index in [2.05, 4.69) is 30.9 Å². The lowest BCUT2D eigenvalue weighted by atomic mass is 9.89. The van der Waals surface area contributed by atoms with Gasteiger partial charge in [0.2, 0.25) is 0 Å². The molecule has 246 valence electrons. The summed E-state index contributed by atoms with van der Waals surface area (Å²) in [4.78, 5) is 49.7. The van der Waals surface area contributed by atoms with Crippen molar-refractivity contribution in [2.75, 3.05) is 24.1 Å². The topological polar surface area (TPSA) is 165 Å². The first-order chi connectivity index (χ1) is 23.0. The molecule has 0 radical (unpaired) electrons. The smallest absolute Gasteiger partial charge is 0.278 e. The number of benzene rings is 1. The average molecular weight is 638 g/mol. The van der Waals surface area contributed by atoms with Gasteiger partial charge in [0, 0.05) is 31.0 Å². The molecule has 2 aliphatic rings. The summed E-state index contributed by atoms with van der Waals surface area (Å²) in [6, 6.07) is 16.0. The second-order valence-corrected chi connectivity index (χ2v) is 12.1. The molecule has 3 amide bonds. The summed E-state index contributed by atoms with van der Waals surface area (Å²) in [7, 11) is 0. The number of oxazole rings is 1. The maximum Gasteiger partial charge on any atom is 0.278 e. The van der Waals surface area contributed by atoms with Crippen LogP contribution in [0.4, 0.5) is 11.4 Å². The number of amides is 3. The van der Waals surface area contributed by atoms with E-state index >= 15 is 0 Å². The van der Waals surface area contributed by atoms with E-state index in [-0.39, 0.29) is 23.2 Å². The van der Waals surface area contributed by atoms with Gasteiger partial charge < -0.3 is 26.1 Å². The van der Waals surface area contributed by atoms with Crippen molar-refractivity contribution in [2.24, 2.45) is 11.8 Å². The Hall–Kier alpha value is -5.06. The van der Waals surface area contributed by atoms with Crippen LogP contribution >= 0.6 is 0 Å². The van der Waals surface area contributed by atoms with Gasteiger partial charge in [0.05, 0.1) is 11.4 Å². The third-order valence-corrected chi connectivity index (χ3v) is 8.70. The first kappa shape index (κ1) is 33.3. The number of pyridine rings is 2. The van der Waals surface area contributed by atoms with Crippen LogP contribution in [0.2, 0.25) is 0 Å². The summed E-state index contributed by atoms with van der Waals surface area (Å²) in [5.41, 5.74) is 7.91. The van der Waals surface area contributed by atoms with Crippen LogP contribution in [0.3, 0.4) is 0 Å². The van der Waals surface area contributed by atoms with Crippen LogP contribution in [0.25, 0.3) is 11.3 Å². The molecule has 2 aliphatic carbocycles. The van der Waals surface area contributed by atoms with Gasteiger partial charge in [-0.15, -0.1) is 0 Å². The number of hydrogen-bond acceptors (Lipinski definition) is 8. The van der Waals surface area contributed by atoms with Crippen LogP contribution in [0.5, 0.6) is 0 Å². The number of rotatable bonds is 9. The Morgan fingerprint density at radius 2 is 1.23 bits per heavy atom. The van der Waals surface area contributed by atoms with E-state index in [1.807, 2.05) is 30.3 Å². The molecule has 5 N–H and O–H groups in total. The van der Waals surface area contributed by atoms with Gasteiger partial charge in [0.25, 0.3) is 17.7 Å². The van der Waals surface area contributed by atoms with Gasteiger partial charge >= 0.3 is 0 Å². The molecule has 0 saturated heterocycles. The number of nitrogens with two attached hydrogens (primary N) is 1. The van der Waals surface area contributed by atoms with Gasteiger partial charge in [-0.05, 0) is 61.8 Å². The molecule has 11 nitrogen and oxygen atoms in total. The van der Waals surface area contributed by atoms with Crippen molar-refractivity contribution in [1.29, 1.82) is 0 Å². The maximum absolute atomic E-state index is 12.9. The van der Waals surface area contributed by atoms with Crippen molar-refractivity contribution < 1.29 is 18.8 Å². The molecule has 2 saturated carbocycles. The van der Waals surface area contributed by atoms with E-state index in [1.54, 1.807) is 30.5 Å². The Kier molecular flexibility index (Phi) is 12.1. The molecule has 6 rings (SSSR count). The number of hydrogen-bond donors (Lipinski definition) is 4. The standard InChI is InChI=1S/C23H24N4O3.C13H19N3O/c28-22(25-14-16-8-3-1-4-9-16)19-18(12-7-13-24-19)27-23(29)20-21(30-15-26-20)17-10-5-2-6-11-17;14-11-7-4-8-15-12(11)13(17)16-9-10-5-2-1-3-6-10/h2,5-7,10-13,15-16H,1,3-4,8-9,14H2,(H,25,28)(H,27,29);4,7-8,10H,1-3,5-6,9,14H2,(H,16,17). The zero-order valence-electron chi connectivity index (χ0n) is 26.6. The minimum atomic E-state index is -0.461. The lowest BCUT2D eigenvalue weighted by Crippen LogP contribution is -2.31. The minimum Gasteiger partial charge on any atom is -0.443 e. The number of nitrogens with one attached hydrogen (secondary N) is 3. The molecule has 3 aromatic heterocycles. The Balaban J connectivity index is 0.000000216. The molecule has 4 aromatic rings. The molecule has 0 atom stereocenters. The van der Waals surface area contributed by atoms with E-state index in [9.17, 15) is 14.4 Å². The Morgan fingerprint density at radius 1 is 0.660 bits per heavy atom.